The van der Waals surface area contributed by atoms with E-state index in [0.29, 0.717) is 12.0 Å². The quantitative estimate of drug-likeness (QED) is 0.603. The summed E-state index contributed by atoms with van der Waals surface area (Å²) in [7, 11) is 0. The van der Waals surface area contributed by atoms with E-state index in [1.54, 1.807) is 0 Å². The van der Waals surface area contributed by atoms with Crippen molar-refractivity contribution in [2.24, 2.45) is 5.92 Å². The van der Waals surface area contributed by atoms with Crippen LogP contribution in [0, 0.1) is 5.92 Å². The van der Waals surface area contributed by atoms with Crippen LogP contribution in [0.5, 0.6) is 5.75 Å². The number of ether oxygens (including phenoxy) is 2. The summed E-state index contributed by atoms with van der Waals surface area (Å²) in [5.74, 6) is 1.46. The summed E-state index contributed by atoms with van der Waals surface area (Å²) in [6.07, 6.45) is 15.0. The Morgan fingerprint density at radius 3 is 2.09 bits per heavy atom. The van der Waals surface area contributed by atoms with Crippen molar-refractivity contribution in [1.29, 1.82) is 0 Å². The molecule has 126 valence electrons. The van der Waals surface area contributed by atoms with E-state index in [1.165, 1.54) is 64.2 Å². The largest absolute Gasteiger partial charge is 0.465 e. The van der Waals surface area contributed by atoms with E-state index in [4.69, 9.17) is 9.47 Å². The molecule has 2 aliphatic carbocycles. The molecule has 1 aromatic carbocycles. The Kier molecular flexibility index (Phi) is 6.15. The van der Waals surface area contributed by atoms with Gasteiger partial charge in [-0.05, 0) is 43.4 Å². The minimum atomic E-state index is -0.0759. The molecule has 1 unspecified atom stereocenters. The van der Waals surface area contributed by atoms with Crippen LogP contribution in [0.1, 0.15) is 69.8 Å². The zero-order valence-corrected chi connectivity index (χ0v) is 14.2. The van der Waals surface area contributed by atoms with Crippen molar-refractivity contribution in [3.63, 3.8) is 0 Å². The van der Waals surface area contributed by atoms with E-state index in [9.17, 15) is 0 Å². The van der Waals surface area contributed by atoms with Crippen LogP contribution in [0.3, 0.4) is 0 Å². The lowest BCUT2D eigenvalue weighted by molar-refractivity contribution is -0.161. The predicted octanol–water partition coefficient (Wildman–Crippen LogP) is 5.96. The van der Waals surface area contributed by atoms with Gasteiger partial charge in [-0.2, -0.15) is 0 Å². The van der Waals surface area contributed by atoms with E-state index < -0.39 is 0 Å². The van der Waals surface area contributed by atoms with Gasteiger partial charge < -0.3 is 9.47 Å². The lowest BCUT2D eigenvalue weighted by Gasteiger charge is -2.34. The minimum absolute atomic E-state index is 0.0759. The first kappa shape index (κ1) is 16.6. The number of benzene rings is 1. The van der Waals surface area contributed by atoms with Crippen molar-refractivity contribution in [2.45, 2.75) is 76.6 Å². The molecular formula is C21H30O2. The first-order valence-corrected chi connectivity index (χ1v) is 9.40. The average Bonchev–Trinajstić information content (AvgIpc) is 2.63. The van der Waals surface area contributed by atoms with Gasteiger partial charge >= 0.3 is 0 Å². The second kappa shape index (κ2) is 8.54. The third-order valence-corrected chi connectivity index (χ3v) is 5.28. The molecule has 0 radical (unpaired) electrons. The van der Waals surface area contributed by atoms with Crippen molar-refractivity contribution in [2.75, 3.05) is 0 Å². The predicted molar refractivity (Wildman–Crippen MR) is 95.5 cm³/mol. The molecule has 0 N–H and O–H groups in total. The number of rotatable bonds is 6. The Labute approximate surface area is 140 Å². The molecule has 2 heteroatoms. The highest BCUT2D eigenvalue weighted by molar-refractivity contribution is 5.48. The summed E-state index contributed by atoms with van der Waals surface area (Å²) in [5, 5.41) is 0. The van der Waals surface area contributed by atoms with Gasteiger partial charge in [0.25, 0.3) is 0 Å². The van der Waals surface area contributed by atoms with Gasteiger partial charge in [-0.15, -0.1) is 0 Å². The van der Waals surface area contributed by atoms with Gasteiger partial charge in [-0.3, -0.25) is 0 Å². The van der Waals surface area contributed by atoms with E-state index in [1.807, 2.05) is 18.2 Å². The van der Waals surface area contributed by atoms with Gasteiger partial charge in [-0.25, -0.2) is 0 Å². The highest BCUT2D eigenvalue weighted by Crippen LogP contribution is 2.32. The molecule has 1 aromatic rings. The van der Waals surface area contributed by atoms with E-state index in [2.05, 4.69) is 18.7 Å². The SMILES string of the molecule is C=Cc1ccc(OC(OC2CCCCC2)C2CCCCC2)cc1. The third-order valence-electron chi connectivity index (χ3n) is 5.28. The van der Waals surface area contributed by atoms with Crippen molar-refractivity contribution in [3.05, 3.63) is 36.4 Å². The molecule has 2 nitrogen and oxygen atoms in total. The fourth-order valence-electron chi connectivity index (χ4n) is 3.85. The van der Waals surface area contributed by atoms with E-state index >= 15 is 0 Å². The molecule has 0 saturated heterocycles. The maximum absolute atomic E-state index is 6.45. The standard InChI is InChI=1S/C21H30O2/c1-2-17-13-15-20(16-14-17)23-21(18-9-5-3-6-10-18)22-19-11-7-4-8-12-19/h2,13-16,18-19,21H,1,3-12H2. The summed E-state index contributed by atoms with van der Waals surface area (Å²) in [6, 6.07) is 8.19. The zero-order valence-electron chi connectivity index (χ0n) is 14.2. The third kappa shape index (κ3) is 4.84. The molecule has 0 spiro atoms. The topological polar surface area (TPSA) is 18.5 Å². The van der Waals surface area contributed by atoms with Gasteiger partial charge in [0.05, 0.1) is 6.10 Å². The summed E-state index contributed by atoms with van der Waals surface area (Å²) in [6.45, 7) is 3.81. The second-order valence-electron chi connectivity index (χ2n) is 7.05. The highest BCUT2D eigenvalue weighted by Gasteiger charge is 2.29. The summed E-state index contributed by atoms with van der Waals surface area (Å²) < 4.78 is 12.7. The molecule has 2 aliphatic rings. The van der Waals surface area contributed by atoms with Crippen LogP contribution in [0.25, 0.3) is 6.08 Å². The average molecular weight is 314 g/mol. The monoisotopic (exact) mass is 314 g/mol. The summed E-state index contributed by atoms with van der Waals surface area (Å²) >= 11 is 0. The van der Waals surface area contributed by atoms with Gasteiger partial charge in [0.2, 0.25) is 6.29 Å². The number of hydrogen-bond donors (Lipinski definition) is 0. The Hall–Kier alpha value is -1.28. The lowest BCUT2D eigenvalue weighted by atomic mass is 9.88. The molecule has 2 saturated carbocycles. The molecular weight excluding hydrogens is 284 g/mol. The molecule has 0 aromatic heterocycles. The van der Waals surface area contributed by atoms with Gasteiger partial charge in [0.15, 0.2) is 0 Å². The van der Waals surface area contributed by atoms with Crippen molar-refractivity contribution >= 4 is 6.08 Å². The fraction of sp³-hybridized carbons (Fsp3) is 0.619. The summed E-state index contributed by atoms with van der Waals surface area (Å²) in [5.41, 5.74) is 1.12. The van der Waals surface area contributed by atoms with E-state index in [0.717, 1.165) is 11.3 Å². The van der Waals surface area contributed by atoms with Crippen LogP contribution in [-0.2, 0) is 4.74 Å². The maximum Gasteiger partial charge on any atom is 0.202 e. The van der Waals surface area contributed by atoms with Crippen LogP contribution < -0.4 is 4.74 Å². The smallest absolute Gasteiger partial charge is 0.202 e. The fourth-order valence-corrected chi connectivity index (χ4v) is 3.85. The Morgan fingerprint density at radius 2 is 1.48 bits per heavy atom. The normalized spacial score (nSPS) is 21.7. The van der Waals surface area contributed by atoms with Gasteiger partial charge in [0.1, 0.15) is 5.75 Å². The highest BCUT2D eigenvalue weighted by atomic mass is 16.7. The van der Waals surface area contributed by atoms with Crippen LogP contribution >= 0.6 is 0 Å². The Bertz CT molecular complexity index is 467. The minimum Gasteiger partial charge on any atom is -0.465 e. The van der Waals surface area contributed by atoms with Crippen molar-refractivity contribution in [3.8, 4) is 5.75 Å². The van der Waals surface area contributed by atoms with Crippen molar-refractivity contribution < 1.29 is 9.47 Å². The first-order valence-electron chi connectivity index (χ1n) is 9.40. The molecule has 0 bridgehead atoms. The number of hydrogen-bond acceptors (Lipinski definition) is 2. The molecule has 0 amide bonds. The van der Waals surface area contributed by atoms with Crippen LogP contribution in [0.2, 0.25) is 0 Å². The molecule has 23 heavy (non-hydrogen) atoms. The van der Waals surface area contributed by atoms with E-state index in [-0.39, 0.29) is 6.29 Å². The maximum atomic E-state index is 6.45. The first-order chi connectivity index (χ1) is 11.3. The second-order valence-corrected chi connectivity index (χ2v) is 7.05. The molecule has 0 aliphatic heterocycles. The van der Waals surface area contributed by atoms with Crippen LogP contribution in [0.4, 0.5) is 0 Å². The zero-order chi connectivity index (χ0) is 15.9. The molecule has 3 rings (SSSR count). The van der Waals surface area contributed by atoms with Crippen LogP contribution in [-0.4, -0.2) is 12.4 Å². The Morgan fingerprint density at radius 1 is 0.870 bits per heavy atom. The summed E-state index contributed by atoms with van der Waals surface area (Å²) in [4.78, 5) is 0. The van der Waals surface area contributed by atoms with Crippen molar-refractivity contribution in [1.82, 2.24) is 0 Å². The lowest BCUT2D eigenvalue weighted by Crippen LogP contribution is -2.36. The van der Waals surface area contributed by atoms with Crippen LogP contribution in [0.15, 0.2) is 30.8 Å². The van der Waals surface area contributed by atoms with Gasteiger partial charge in [-0.1, -0.05) is 63.3 Å². The molecule has 2 fully saturated rings. The van der Waals surface area contributed by atoms with Gasteiger partial charge in [0, 0.05) is 5.92 Å². The Balaban J connectivity index is 1.66. The molecule has 0 heterocycles. The molecule has 1 atom stereocenters.